The maximum atomic E-state index is 13.9. The van der Waals surface area contributed by atoms with Crippen LogP contribution >= 0.6 is 23.5 Å². The molecule has 7 rings (SSSR count). The number of ether oxygens (including phenoxy) is 1. The van der Waals surface area contributed by atoms with E-state index in [4.69, 9.17) is 4.74 Å². The van der Waals surface area contributed by atoms with Crippen LogP contribution in [-0.2, 0) is 49.7 Å². The topological polar surface area (TPSA) is 200 Å². The molecule has 2 fully saturated rings. The maximum absolute atomic E-state index is 13.9. The molecule has 3 aromatic rings. The van der Waals surface area contributed by atoms with Gasteiger partial charge in [0.05, 0.1) is 5.70 Å². The number of amides is 6. The van der Waals surface area contributed by atoms with Crippen molar-refractivity contribution < 1.29 is 43.1 Å². The minimum atomic E-state index is -1.32. The summed E-state index contributed by atoms with van der Waals surface area (Å²) in [4.78, 5) is 110. The van der Waals surface area contributed by atoms with Crippen molar-refractivity contribution in [2.45, 2.75) is 68.7 Å². The summed E-state index contributed by atoms with van der Waals surface area (Å²) in [5.41, 5.74) is 3.45. The Morgan fingerprint density at radius 3 is 1.52 bits per heavy atom. The van der Waals surface area contributed by atoms with E-state index in [0.29, 0.717) is 33.9 Å². The molecule has 0 radical (unpaired) electrons. The van der Waals surface area contributed by atoms with Crippen molar-refractivity contribution in [1.29, 1.82) is 0 Å². The van der Waals surface area contributed by atoms with Gasteiger partial charge in [-0.1, -0.05) is 91.0 Å². The number of carbonyl (C=O) groups excluding carboxylic acids is 8. The highest BCUT2D eigenvalue weighted by atomic mass is 32.2. The predicted octanol–water partition coefficient (Wildman–Crippen LogP) is 2.77. The van der Waals surface area contributed by atoms with E-state index in [1.807, 2.05) is 30.3 Å². The minimum absolute atomic E-state index is 0.0225. The first-order valence-corrected chi connectivity index (χ1v) is 21.2. The minimum Gasteiger partial charge on any atom is -0.456 e. The quantitative estimate of drug-likeness (QED) is 0.106. The molecule has 4 aliphatic rings. The first-order valence-electron chi connectivity index (χ1n) is 19.1. The van der Waals surface area contributed by atoms with E-state index in [-0.39, 0.29) is 18.1 Å². The van der Waals surface area contributed by atoms with E-state index in [0.717, 1.165) is 11.1 Å². The largest absolute Gasteiger partial charge is 0.456 e. The fourth-order valence-electron chi connectivity index (χ4n) is 7.45. The molecule has 4 N–H and O–H groups in total. The second-order valence-corrected chi connectivity index (χ2v) is 16.9. The molecule has 0 aliphatic carbocycles. The number of Topliss-reactive ketones (excluding diaryl/α,β-unsaturated/α-hetero) is 1. The van der Waals surface area contributed by atoms with E-state index in [1.54, 1.807) is 74.5 Å². The van der Waals surface area contributed by atoms with Crippen molar-refractivity contribution in [3.05, 3.63) is 130 Å². The average Bonchev–Trinajstić information content (AvgIpc) is 3.25. The van der Waals surface area contributed by atoms with Crippen molar-refractivity contribution in [2.75, 3.05) is 11.5 Å². The number of hydrogen-bond acceptors (Lipinski definition) is 11. The van der Waals surface area contributed by atoms with Gasteiger partial charge in [-0.2, -0.15) is 0 Å². The molecule has 15 nitrogen and oxygen atoms in total. The van der Waals surface area contributed by atoms with E-state index in [1.165, 1.54) is 40.2 Å². The van der Waals surface area contributed by atoms with Crippen LogP contribution in [-0.4, -0.2) is 91.3 Å². The molecule has 17 heteroatoms. The smallest absolute Gasteiger partial charge is 0.355 e. The second-order valence-electron chi connectivity index (χ2n) is 14.7. The van der Waals surface area contributed by atoms with Gasteiger partial charge in [0.2, 0.25) is 23.6 Å². The number of hydrogen-bond donors (Lipinski definition) is 4. The molecule has 4 aliphatic heterocycles. The zero-order chi connectivity index (χ0) is 42.7. The lowest BCUT2D eigenvalue weighted by molar-refractivity contribution is -0.153. The summed E-state index contributed by atoms with van der Waals surface area (Å²) in [7, 11) is 0. The number of β-lactam (4-membered cyclic amide) rings is 2. The molecule has 0 saturated carbocycles. The number of allylic oxidation sites excluding steroid dienone is 1. The van der Waals surface area contributed by atoms with Crippen LogP contribution in [0.1, 0.15) is 56.0 Å². The molecule has 0 spiro atoms. The molecule has 2 saturated heterocycles. The lowest BCUT2D eigenvalue weighted by Gasteiger charge is -2.50. The zero-order valence-corrected chi connectivity index (χ0v) is 34.5. The lowest BCUT2D eigenvalue weighted by Crippen LogP contribution is -2.71. The van der Waals surface area contributed by atoms with Crippen LogP contribution < -0.4 is 21.3 Å². The third-order valence-electron chi connectivity index (χ3n) is 10.4. The molecular weight excluding hydrogens is 809 g/mol. The molecule has 6 amide bonds. The number of fused-ring (bicyclic) bond motifs is 2. The predicted molar refractivity (Wildman–Crippen MR) is 222 cm³/mol. The molecule has 0 aromatic heterocycles. The Morgan fingerprint density at radius 2 is 1.07 bits per heavy atom. The van der Waals surface area contributed by atoms with Crippen molar-refractivity contribution >= 4 is 70.7 Å². The highest BCUT2D eigenvalue weighted by molar-refractivity contribution is 8.00. The summed E-state index contributed by atoms with van der Waals surface area (Å²) >= 11 is 2.79. The van der Waals surface area contributed by atoms with Gasteiger partial charge in [0.15, 0.2) is 5.78 Å². The van der Waals surface area contributed by atoms with Crippen LogP contribution in [0.25, 0.3) is 0 Å². The molecular formula is C43H42N6O9S2. The SMILES string of the molecule is CC(=O)C1=C(C)CSC2[C@H](NC(=O)[C@@H](NC(=O)CC(=O)N[C@@H](C(=O)N[C@H]3C(=O)N4C(C(=O)OCc5ccccc5)=C(C)CSC34)c3ccccc3)c3ccccc3)C(=O)N12. The van der Waals surface area contributed by atoms with Crippen LogP contribution in [0, 0.1) is 0 Å². The van der Waals surface area contributed by atoms with Crippen molar-refractivity contribution in [1.82, 2.24) is 31.1 Å². The maximum Gasteiger partial charge on any atom is 0.355 e. The molecule has 60 heavy (non-hydrogen) atoms. The fraction of sp³-hybridized carbons (Fsp3) is 0.302. The normalized spacial score (nSPS) is 21.6. The molecule has 3 aromatic carbocycles. The van der Waals surface area contributed by atoms with E-state index < -0.39 is 82.7 Å². The van der Waals surface area contributed by atoms with Crippen molar-refractivity contribution in [3.63, 3.8) is 0 Å². The number of thioether (sulfide) groups is 2. The Labute approximate surface area is 354 Å². The fourth-order valence-corrected chi connectivity index (χ4v) is 10.0. The lowest BCUT2D eigenvalue weighted by atomic mass is 10.00. The van der Waals surface area contributed by atoms with E-state index in [9.17, 15) is 38.4 Å². The Balaban J connectivity index is 0.991. The van der Waals surface area contributed by atoms with Gasteiger partial charge < -0.3 is 26.0 Å². The van der Waals surface area contributed by atoms with Crippen molar-refractivity contribution in [2.24, 2.45) is 0 Å². The Hall–Kier alpha value is -6.20. The van der Waals surface area contributed by atoms with E-state index in [2.05, 4.69) is 21.3 Å². The van der Waals surface area contributed by atoms with Gasteiger partial charge in [-0.05, 0) is 41.7 Å². The summed E-state index contributed by atoms with van der Waals surface area (Å²) < 4.78 is 5.53. The van der Waals surface area contributed by atoms with Crippen LogP contribution in [0.3, 0.4) is 0 Å². The number of nitrogens with one attached hydrogen (secondary N) is 4. The number of nitrogens with zero attached hydrogens (tertiary/aromatic N) is 2. The molecule has 0 bridgehead atoms. The average molecular weight is 851 g/mol. The monoisotopic (exact) mass is 850 g/mol. The highest BCUT2D eigenvalue weighted by Crippen LogP contribution is 2.42. The van der Waals surface area contributed by atoms with Crippen LogP contribution in [0.15, 0.2) is 114 Å². The standard InChI is InChI=1S/C43H42N6O9S2/c1-23-21-59-41-33(39(55)48(41)35(23)25(3)50)46-37(53)31(27-15-9-5-10-16-27)44-29(51)19-30(52)45-32(28-17-11-6-12-18-28)38(54)47-34-40(56)49-36(24(2)22-60-42(34)49)43(57)58-20-26-13-7-4-8-14-26/h4-18,31-34,41-42H,19-22H2,1-3H3,(H,44,51)(H,45,52)(H,46,53)(H,47,54)/t31-,32+,33+,34-,41?,42?/m0/s1. The second kappa shape index (κ2) is 18.0. The Bertz CT molecular complexity index is 2310. The number of esters is 1. The van der Waals surface area contributed by atoms with Crippen LogP contribution in [0.2, 0.25) is 0 Å². The third-order valence-corrected chi connectivity index (χ3v) is 13.2. The van der Waals surface area contributed by atoms with Crippen LogP contribution in [0.4, 0.5) is 0 Å². The highest BCUT2D eigenvalue weighted by Gasteiger charge is 2.55. The Kier molecular flexibility index (Phi) is 12.6. The molecule has 4 heterocycles. The van der Waals surface area contributed by atoms with Gasteiger partial charge in [0.1, 0.15) is 53.6 Å². The van der Waals surface area contributed by atoms with Gasteiger partial charge in [0, 0.05) is 18.4 Å². The summed E-state index contributed by atoms with van der Waals surface area (Å²) in [6.45, 7) is 4.94. The Morgan fingerprint density at radius 1 is 0.650 bits per heavy atom. The zero-order valence-electron chi connectivity index (χ0n) is 32.8. The summed E-state index contributed by atoms with van der Waals surface area (Å²) in [6, 6.07) is 21.2. The van der Waals surface area contributed by atoms with Gasteiger partial charge in [-0.15, -0.1) is 23.5 Å². The van der Waals surface area contributed by atoms with Gasteiger partial charge in [-0.3, -0.25) is 43.4 Å². The van der Waals surface area contributed by atoms with Crippen molar-refractivity contribution in [3.8, 4) is 0 Å². The van der Waals surface area contributed by atoms with Crippen LogP contribution in [0.5, 0.6) is 0 Å². The van der Waals surface area contributed by atoms with Gasteiger partial charge in [0.25, 0.3) is 11.8 Å². The number of rotatable bonds is 14. The number of carbonyl (C=O) groups is 8. The molecule has 2 unspecified atom stereocenters. The first kappa shape index (κ1) is 41.9. The van der Waals surface area contributed by atoms with Gasteiger partial charge >= 0.3 is 5.97 Å². The third kappa shape index (κ3) is 8.58. The molecule has 6 atom stereocenters. The number of benzene rings is 3. The summed E-state index contributed by atoms with van der Waals surface area (Å²) in [5, 5.41) is 9.57. The first-order chi connectivity index (χ1) is 28.8. The van der Waals surface area contributed by atoms with E-state index >= 15 is 0 Å². The molecule has 310 valence electrons. The van der Waals surface area contributed by atoms with Gasteiger partial charge in [-0.25, -0.2) is 4.79 Å². The summed E-state index contributed by atoms with van der Waals surface area (Å²) in [6.07, 6.45) is -0.777. The summed E-state index contributed by atoms with van der Waals surface area (Å²) in [5.74, 6) is -4.03. The number of ketones is 1.